The van der Waals surface area contributed by atoms with Gasteiger partial charge in [0, 0.05) is 54.3 Å². The molecule has 0 bridgehead atoms. The Kier molecular flexibility index (Phi) is 7.06. The number of hydrogen-bond acceptors (Lipinski definition) is 8. The molecule has 3 aromatic heterocycles. The van der Waals surface area contributed by atoms with Gasteiger partial charge < -0.3 is 23.9 Å². The van der Waals surface area contributed by atoms with Crippen LogP contribution in [0, 0.1) is 5.41 Å². The average Bonchev–Trinajstić information content (AvgIpc) is 3.50. The summed E-state index contributed by atoms with van der Waals surface area (Å²) in [5, 5.41) is 10.8. The van der Waals surface area contributed by atoms with Crippen LogP contribution in [0.2, 0.25) is 0 Å². The number of ether oxygens (including phenoxy) is 2. The third kappa shape index (κ3) is 4.99. The van der Waals surface area contributed by atoms with Crippen molar-refractivity contribution in [2.45, 2.75) is 51.7 Å². The second-order valence-electron chi connectivity index (χ2n) is 10.8. The number of halogens is 2. The zero-order chi connectivity index (χ0) is 28.7. The molecule has 11 heteroatoms. The number of carbonyl (C=O) groups is 1. The van der Waals surface area contributed by atoms with Crippen LogP contribution in [0.25, 0.3) is 16.8 Å². The number of fused-ring (bicyclic) bond motifs is 3. The lowest BCUT2D eigenvalue weighted by atomic mass is 9.80. The number of piperidine rings is 1. The van der Waals surface area contributed by atoms with Crippen molar-refractivity contribution in [2.75, 3.05) is 24.6 Å². The van der Waals surface area contributed by atoms with Gasteiger partial charge in [0.25, 0.3) is 0 Å². The Hall–Kier alpha value is -4.12. The predicted molar refractivity (Wildman–Crippen MR) is 147 cm³/mol. The van der Waals surface area contributed by atoms with Gasteiger partial charge in [-0.05, 0) is 51.3 Å². The van der Waals surface area contributed by atoms with Crippen molar-refractivity contribution >= 4 is 17.6 Å². The van der Waals surface area contributed by atoms with Crippen LogP contribution in [0.3, 0.4) is 0 Å². The maximum atomic E-state index is 13.1. The first kappa shape index (κ1) is 27.1. The number of imidazole rings is 1. The van der Waals surface area contributed by atoms with Crippen molar-refractivity contribution in [3.63, 3.8) is 0 Å². The minimum atomic E-state index is -2.95. The van der Waals surface area contributed by atoms with E-state index < -0.39 is 18.1 Å². The van der Waals surface area contributed by atoms with E-state index in [1.807, 2.05) is 36.6 Å². The summed E-state index contributed by atoms with van der Waals surface area (Å²) < 4.78 is 38.2. The fourth-order valence-electron chi connectivity index (χ4n) is 5.88. The van der Waals surface area contributed by atoms with Crippen molar-refractivity contribution in [1.29, 1.82) is 0 Å². The summed E-state index contributed by atoms with van der Waals surface area (Å²) in [6.07, 6.45) is 6.26. The first-order valence-electron chi connectivity index (χ1n) is 13.8. The average molecular weight is 564 g/mol. The molecule has 9 nitrogen and oxygen atoms in total. The van der Waals surface area contributed by atoms with Gasteiger partial charge >= 0.3 is 12.6 Å². The molecule has 0 amide bonds. The van der Waals surface area contributed by atoms with Crippen LogP contribution in [-0.2, 0) is 9.53 Å². The Morgan fingerprint density at radius 1 is 1.12 bits per heavy atom. The van der Waals surface area contributed by atoms with E-state index in [4.69, 9.17) is 9.47 Å². The molecule has 0 spiro atoms. The molecule has 1 saturated heterocycles. The molecular weight excluding hydrogens is 532 g/mol. The molecule has 2 atom stereocenters. The number of carbonyl (C=O) groups excluding carboxylic acids is 1. The van der Waals surface area contributed by atoms with Crippen LogP contribution in [-0.4, -0.2) is 56.7 Å². The van der Waals surface area contributed by atoms with Gasteiger partial charge in [-0.1, -0.05) is 18.2 Å². The normalized spacial score (nSPS) is 19.9. The predicted octanol–water partition coefficient (Wildman–Crippen LogP) is 5.13. The number of hydrogen-bond donors (Lipinski definition) is 1. The SMILES string of the molecule is CCOC(=O)C1(C)CCN(c2ncc(-c3ccc4nc5c(n4c3)C(c3ccccc3OC(F)F)CC5O)cn2)CC1. The molecule has 214 valence electrons. The molecule has 1 aliphatic heterocycles. The van der Waals surface area contributed by atoms with Crippen molar-refractivity contribution in [3.05, 3.63) is 71.9 Å². The van der Waals surface area contributed by atoms with Gasteiger partial charge in [0.15, 0.2) is 0 Å². The molecule has 0 radical (unpaired) electrons. The number of alkyl halides is 2. The highest BCUT2D eigenvalue weighted by atomic mass is 19.3. The molecule has 6 rings (SSSR count). The quantitative estimate of drug-likeness (QED) is 0.309. The largest absolute Gasteiger partial charge is 0.466 e. The number of para-hydroxylation sites is 1. The molecule has 4 aromatic rings. The van der Waals surface area contributed by atoms with Crippen LogP contribution < -0.4 is 9.64 Å². The van der Waals surface area contributed by atoms with Gasteiger partial charge in [-0.3, -0.25) is 4.79 Å². The lowest BCUT2D eigenvalue weighted by Gasteiger charge is -2.37. The fourth-order valence-corrected chi connectivity index (χ4v) is 5.88. The maximum Gasteiger partial charge on any atom is 0.387 e. The molecular formula is C30H31F2N5O4. The van der Waals surface area contributed by atoms with Crippen LogP contribution in [0.1, 0.15) is 62.1 Å². The number of aliphatic hydroxyl groups is 1. The van der Waals surface area contributed by atoms with Crippen LogP contribution in [0.15, 0.2) is 55.0 Å². The van der Waals surface area contributed by atoms with Crippen molar-refractivity contribution < 1.29 is 28.2 Å². The number of pyridine rings is 1. The number of aromatic nitrogens is 4. The zero-order valence-electron chi connectivity index (χ0n) is 22.8. The Labute approximate surface area is 235 Å². The van der Waals surface area contributed by atoms with Crippen molar-refractivity contribution in [3.8, 4) is 16.9 Å². The van der Waals surface area contributed by atoms with Gasteiger partial charge in [0.05, 0.1) is 29.5 Å². The number of aliphatic hydroxyl groups excluding tert-OH is 1. The second kappa shape index (κ2) is 10.7. The van der Waals surface area contributed by atoms with E-state index >= 15 is 0 Å². The first-order valence-corrected chi connectivity index (χ1v) is 13.8. The van der Waals surface area contributed by atoms with Gasteiger partial charge in [0.1, 0.15) is 11.4 Å². The lowest BCUT2D eigenvalue weighted by molar-refractivity contribution is -0.155. The van der Waals surface area contributed by atoms with Crippen LogP contribution >= 0.6 is 0 Å². The Bertz CT molecular complexity index is 1570. The van der Waals surface area contributed by atoms with Gasteiger partial charge in [-0.15, -0.1) is 0 Å². The molecule has 1 aliphatic carbocycles. The Balaban J connectivity index is 1.26. The van der Waals surface area contributed by atoms with E-state index in [1.165, 1.54) is 6.07 Å². The van der Waals surface area contributed by atoms with Crippen LogP contribution in [0.5, 0.6) is 5.75 Å². The number of nitrogens with zero attached hydrogens (tertiary/aromatic N) is 5. The summed E-state index contributed by atoms with van der Waals surface area (Å²) >= 11 is 0. The van der Waals surface area contributed by atoms with Crippen molar-refractivity contribution in [1.82, 2.24) is 19.4 Å². The standard InChI is InChI=1S/C30H31F2N5O4/c1-3-40-27(39)30(2)10-12-36(13-11-30)29-33-15-19(16-34-29)18-8-9-24-35-25-22(38)14-21(26(25)37(24)17-18)20-6-4-5-7-23(20)41-28(31)32/h4-9,15-17,21-22,28,38H,3,10-14H2,1-2H3. The molecule has 2 aliphatic rings. The van der Waals surface area contributed by atoms with Gasteiger partial charge in [-0.2, -0.15) is 8.78 Å². The smallest absolute Gasteiger partial charge is 0.387 e. The Morgan fingerprint density at radius 3 is 2.56 bits per heavy atom. The Morgan fingerprint density at radius 2 is 1.85 bits per heavy atom. The highest BCUT2D eigenvalue weighted by Crippen LogP contribution is 2.47. The summed E-state index contributed by atoms with van der Waals surface area (Å²) in [6, 6.07) is 10.4. The third-order valence-corrected chi connectivity index (χ3v) is 8.19. The number of esters is 1. The van der Waals surface area contributed by atoms with E-state index in [1.54, 1.807) is 30.6 Å². The summed E-state index contributed by atoms with van der Waals surface area (Å²) in [6.45, 7) is 2.49. The van der Waals surface area contributed by atoms with E-state index in [0.717, 1.165) is 16.8 Å². The maximum absolute atomic E-state index is 13.1. The number of benzene rings is 1. The summed E-state index contributed by atoms with van der Waals surface area (Å²) in [7, 11) is 0. The van der Waals surface area contributed by atoms with E-state index in [9.17, 15) is 18.7 Å². The zero-order valence-corrected chi connectivity index (χ0v) is 22.8. The van der Waals surface area contributed by atoms with Crippen LogP contribution in [0.4, 0.5) is 14.7 Å². The molecule has 4 heterocycles. The number of anilines is 1. The molecule has 41 heavy (non-hydrogen) atoms. The topological polar surface area (TPSA) is 102 Å². The van der Waals surface area contributed by atoms with E-state index in [0.29, 0.717) is 61.8 Å². The minimum absolute atomic E-state index is 0.0860. The highest BCUT2D eigenvalue weighted by Gasteiger charge is 2.39. The molecule has 2 unspecified atom stereocenters. The summed E-state index contributed by atoms with van der Waals surface area (Å²) in [5.74, 6) is 0.154. The first-order chi connectivity index (χ1) is 19.8. The van der Waals surface area contributed by atoms with Gasteiger partial charge in [-0.25, -0.2) is 15.0 Å². The monoisotopic (exact) mass is 563 g/mol. The fraction of sp³-hybridized carbons (Fsp3) is 0.400. The van der Waals surface area contributed by atoms with Gasteiger partial charge in [0.2, 0.25) is 5.95 Å². The molecule has 0 saturated carbocycles. The van der Waals surface area contributed by atoms with Crippen molar-refractivity contribution in [2.24, 2.45) is 5.41 Å². The summed E-state index contributed by atoms with van der Waals surface area (Å²) in [5.41, 5.74) is 3.64. The third-order valence-electron chi connectivity index (χ3n) is 8.19. The number of rotatable bonds is 7. The van der Waals surface area contributed by atoms with E-state index in [2.05, 4.69) is 19.9 Å². The second-order valence-corrected chi connectivity index (χ2v) is 10.8. The highest BCUT2D eigenvalue weighted by molar-refractivity contribution is 5.76. The minimum Gasteiger partial charge on any atom is -0.466 e. The lowest BCUT2D eigenvalue weighted by Crippen LogP contribution is -2.44. The molecule has 1 N–H and O–H groups in total. The molecule has 1 aromatic carbocycles. The summed E-state index contributed by atoms with van der Waals surface area (Å²) in [4.78, 5) is 28.3. The van der Waals surface area contributed by atoms with E-state index in [-0.39, 0.29) is 17.6 Å². The molecule has 1 fully saturated rings.